The van der Waals surface area contributed by atoms with Crippen molar-refractivity contribution in [3.05, 3.63) is 30.6 Å². The molecule has 0 bridgehead atoms. The highest BCUT2D eigenvalue weighted by atomic mass is 16.1. The molecule has 20 heavy (non-hydrogen) atoms. The zero-order valence-corrected chi connectivity index (χ0v) is 11.2. The van der Waals surface area contributed by atoms with E-state index in [-0.39, 0.29) is 5.91 Å². The molecule has 2 aromatic rings. The molecule has 0 saturated heterocycles. The van der Waals surface area contributed by atoms with Crippen molar-refractivity contribution in [3.63, 3.8) is 0 Å². The summed E-state index contributed by atoms with van der Waals surface area (Å²) in [6.07, 6.45) is 7.02. The Labute approximate surface area is 117 Å². The molecule has 1 aromatic heterocycles. The van der Waals surface area contributed by atoms with E-state index in [2.05, 4.69) is 20.8 Å². The van der Waals surface area contributed by atoms with Crippen LogP contribution in [-0.4, -0.2) is 26.1 Å². The Morgan fingerprint density at radius 1 is 1.35 bits per heavy atom. The fraction of sp³-hybridized carbons (Fsp3) is 0.429. The third-order valence-electron chi connectivity index (χ3n) is 3.69. The lowest BCUT2D eigenvalue weighted by atomic mass is 10.0. The van der Waals surface area contributed by atoms with Crippen LogP contribution >= 0.6 is 0 Å². The van der Waals surface area contributed by atoms with E-state index >= 15 is 0 Å². The summed E-state index contributed by atoms with van der Waals surface area (Å²) in [4.78, 5) is 12.0. The van der Waals surface area contributed by atoms with Crippen LogP contribution in [-0.2, 0) is 4.79 Å². The number of carbonyl (C=O) groups excluding carboxylic acids is 1. The number of benzene rings is 1. The number of rotatable bonds is 4. The third kappa shape index (κ3) is 3.01. The van der Waals surface area contributed by atoms with Gasteiger partial charge in [0.15, 0.2) is 0 Å². The largest absolute Gasteiger partial charge is 0.326 e. The van der Waals surface area contributed by atoms with Crippen molar-refractivity contribution in [3.8, 4) is 5.69 Å². The molecule has 0 radical (unpaired) electrons. The van der Waals surface area contributed by atoms with Gasteiger partial charge in [0, 0.05) is 12.1 Å². The van der Waals surface area contributed by atoms with Gasteiger partial charge in [0.2, 0.25) is 5.91 Å². The molecule has 1 N–H and O–H groups in total. The van der Waals surface area contributed by atoms with Gasteiger partial charge in [0.1, 0.15) is 6.33 Å². The number of carbonyl (C=O) groups is 1. The maximum Gasteiger partial charge on any atom is 0.224 e. The van der Waals surface area contributed by atoms with E-state index in [1.54, 1.807) is 4.68 Å². The van der Waals surface area contributed by atoms with Crippen LogP contribution < -0.4 is 5.32 Å². The Morgan fingerprint density at radius 3 is 2.95 bits per heavy atom. The summed E-state index contributed by atoms with van der Waals surface area (Å²) < 4.78 is 1.56. The van der Waals surface area contributed by atoms with Crippen molar-refractivity contribution in [2.24, 2.45) is 5.92 Å². The minimum atomic E-state index is 0.0887. The first-order valence-electron chi connectivity index (χ1n) is 6.94. The summed E-state index contributed by atoms with van der Waals surface area (Å²) >= 11 is 0. The molecule has 1 amide bonds. The van der Waals surface area contributed by atoms with Crippen LogP contribution in [0.3, 0.4) is 0 Å². The van der Waals surface area contributed by atoms with Crippen LogP contribution in [0.25, 0.3) is 5.69 Å². The minimum absolute atomic E-state index is 0.0887. The van der Waals surface area contributed by atoms with Crippen LogP contribution in [0.4, 0.5) is 5.69 Å². The summed E-state index contributed by atoms with van der Waals surface area (Å²) in [5.74, 6) is 0.642. The average molecular weight is 271 g/mol. The van der Waals surface area contributed by atoms with Gasteiger partial charge >= 0.3 is 0 Å². The summed E-state index contributed by atoms with van der Waals surface area (Å²) in [6.45, 7) is 0. The van der Waals surface area contributed by atoms with Crippen LogP contribution in [0, 0.1) is 5.92 Å². The molecule has 1 saturated carbocycles. The SMILES string of the molecule is O=C(CC1CCCC1)Nc1cccc(-n2cnnn2)c1. The van der Waals surface area contributed by atoms with E-state index in [4.69, 9.17) is 0 Å². The molecule has 6 heteroatoms. The van der Waals surface area contributed by atoms with E-state index in [9.17, 15) is 4.79 Å². The number of nitrogens with one attached hydrogen (secondary N) is 1. The van der Waals surface area contributed by atoms with Gasteiger partial charge in [-0.2, -0.15) is 0 Å². The standard InChI is InChI=1S/C14H17N5O/c20-14(8-11-4-1-2-5-11)16-12-6-3-7-13(9-12)19-10-15-17-18-19/h3,6-7,9-11H,1-2,4-5,8H2,(H,16,20). The van der Waals surface area contributed by atoms with E-state index in [0.717, 1.165) is 11.4 Å². The Bertz CT molecular complexity index is 575. The molecule has 0 spiro atoms. The molecular formula is C14H17N5O. The predicted octanol–water partition coefficient (Wildman–Crippen LogP) is 2.18. The predicted molar refractivity (Wildman–Crippen MR) is 74.4 cm³/mol. The second-order valence-electron chi connectivity index (χ2n) is 5.21. The van der Waals surface area contributed by atoms with Crippen molar-refractivity contribution in [2.75, 3.05) is 5.32 Å². The van der Waals surface area contributed by atoms with Gasteiger partial charge in [-0.05, 0) is 47.4 Å². The average Bonchev–Trinajstić information content (AvgIpc) is 3.11. The lowest BCUT2D eigenvalue weighted by Crippen LogP contribution is -2.15. The summed E-state index contributed by atoms with van der Waals surface area (Å²) in [7, 11) is 0. The lowest BCUT2D eigenvalue weighted by Gasteiger charge is -2.10. The normalized spacial score (nSPS) is 15.4. The Morgan fingerprint density at radius 2 is 2.20 bits per heavy atom. The van der Waals surface area contributed by atoms with Gasteiger partial charge in [0.05, 0.1) is 5.69 Å². The highest BCUT2D eigenvalue weighted by Crippen LogP contribution is 2.27. The zero-order valence-electron chi connectivity index (χ0n) is 11.2. The van der Waals surface area contributed by atoms with E-state index in [1.165, 1.54) is 32.0 Å². The van der Waals surface area contributed by atoms with Crippen LogP contribution in [0.1, 0.15) is 32.1 Å². The first-order valence-corrected chi connectivity index (χ1v) is 6.94. The highest BCUT2D eigenvalue weighted by molar-refractivity contribution is 5.91. The van der Waals surface area contributed by atoms with Crippen molar-refractivity contribution < 1.29 is 4.79 Å². The molecule has 1 aliphatic carbocycles. The van der Waals surface area contributed by atoms with Gasteiger partial charge in [-0.15, -0.1) is 5.10 Å². The highest BCUT2D eigenvalue weighted by Gasteiger charge is 2.18. The number of aromatic nitrogens is 4. The topological polar surface area (TPSA) is 72.7 Å². The van der Waals surface area contributed by atoms with E-state index in [1.807, 2.05) is 24.3 Å². The van der Waals surface area contributed by atoms with Crippen molar-refractivity contribution >= 4 is 11.6 Å². The second kappa shape index (κ2) is 5.81. The zero-order chi connectivity index (χ0) is 13.8. The van der Waals surface area contributed by atoms with Crippen molar-refractivity contribution in [1.82, 2.24) is 20.2 Å². The molecule has 0 atom stereocenters. The lowest BCUT2D eigenvalue weighted by molar-refractivity contribution is -0.117. The Hall–Kier alpha value is -2.24. The van der Waals surface area contributed by atoms with Gasteiger partial charge < -0.3 is 5.32 Å². The fourth-order valence-corrected chi connectivity index (χ4v) is 2.69. The first kappa shape index (κ1) is 12.8. The monoisotopic (exact) mass is 271 g/mol. The second-order valence-corrected chi connectivity index (χ2v) is 5.21. The van der Waals surface area contributed by atoms with Crippen molar-refractivity contribution in [2.45, 2.75) is 32.1 Å². The summed E-state index contributed by atoms with van der Waals surface area (Å²) in [5, 5.41) is 14.0. The quantitative estimate of drug-likeness (QED) is 0.925. The van der Waals surface area contributed by atoms with E-state index < -0.39 is 0 Å². The molecule has 1 aromatic carbocycles. The molecule has 104 valence electrons. The molecule has 1 aliphatic rings. The van der Waals surface area contributed by atoms with Gasteiger partial charge in [0.25, 0.3) is 0 Å². The summed E-state index contributed by atoms with van der Waals surface area (Å²) in [5.41, 5.74) is 1.61. The Kier molecular flexibility index (Phi) is 3.71. The van der Waals surface area contributed by atoms with Gasteiger partial charge in [-0.1, -0.05) is 18.9 Å². The Balaban J connectivity index is 1.65. The smallest absolute Gasteiger partial charge is 0.224 e. The minimum Gasteiger partial charge on any atom is -0.326 e. The van der Waals surface area contributed by atoms with Crippen LogP contribution in [0.15, 0.2) is 30.6 Å². The molecule has 0 aliphatic heterocycles. The van der Waals surface area contributed by atoms with Gasteiger partial charge in [-0.25, -0.2) is 4.68 Å². The number of anilines is 1. The fourth-order valence-electron chi connectivity index (χ4n) is 2.69. The molecule has 3 rings (SSSR count). The van der Waals surface area contributed by atoms with E-state index in [0.29, 0.717) is 12.3 Å². The number of tetrazole rings is 1. The van der Waals surface area contributed by atoms with Crippen molar-refractivity contribution in [1.29, 1.82) is 0 Å². The maximum atomic E-state index is 12.0. The van der Waals surface area contributed by atoms with Crippen LogP contribution in [0.2, 0.25) is 0 Å². The number of hydrogen-bond donors (Lipinski definition) is 1. The molecule has 1 fully saturated rings. The van der Waals surface area contributed by atoms with Crippen LogP contribution in [0.5, 0.6) is 0 Å². The third-order valence-corrected chi connectivity index (χ3v) is 3.69. The number of nitrogens with zero attached hydrogens (tertiary/aromatic N) is 4. The molecule has 0 unspecified atom stereocenters. The maximum absolute atomic E-state index is 12.0. The molecular weight excluding hydrogens is 254 g/mol. The molecule has 1 heterocycles. The number of amides is 1. The molecule has 6 nitrogen and oxygen atoms in total. The summed E-state index contributed by atoms with van der Waals surface area (Å²) in [6, 6.07) is 7.51. The first-order chi connectivity index (χ1) is 9.81. The number of hydrogen-bond acceptors (Lipinski definition) is 4. The van der Waals surface area contributed by atoms with Gasteiger partial charge in [-0.3, -0.25) is 4.79 Å².